The van der Waals surface area contributed by atoms with E-state index in [1.54, 1.807) is 0 Å². The lowest BCUT2D eigenvalue weighted by atomic mass is 9.87. The first kappa shape index (κ1) is 107. The fraction of sp³-hybridized carbons (Fsp3) is 0.932. The van der Waals surface area contributed by atoms with Gasteiger partial charge < -0.3 is 254 Å². The van der Waals surface area contributed by atoms with Gasteiger partial charge in [-0.25, -0.2) is 0 Å². The second-order valence-corrected chi connectivity index (χ2v) is 32.9. The molecule has 10 aliphatic rings. The minimum absolute atomic E-state index is 0.254. The van der Waals surface area contributed by atoms with Crippen LogP contribution >= 0.6 is 0 Å². The number of nitrogens with one attached hydrogen (secondary N) is 4. The molecule has 4 amide bonds. The third kappa shape index (κ3) is 23.7. The smallest absolute Gasteiger partial charge is 0.332 e. The number of carbonyl (C=O) groups is 5. The van der Waals surface area contributed by atoms with E-state index in [0.717, 1.165) is 27.7 Å². The Bertz CT molecular complexity index is 3520. The van der Waals surface area contributed by atoms with Crippen LogP contribution in [-0.4, -0.2) is 540 Å². The van der Waals surface area contributed by atoms with Crippen LogP contribution in [0.4, 0.5) is 0 Å². The molecule has 0 bridgehead atoms. The molecule has 10 saturated heterocycles. The fourth-order valence-corrected chi connectivity index (χ4v) is 17.0. The predicted octanol–water partition coefficient (Wildman–Crippen LogP) is -20.6. The van der Waals surface area contributed by atoms with Gasteiger partial charge in [-0.05, 0) is 6.92 Å². The second kappa shape index (κ2) is 46.6. The maximum atomic E-state index is 13.2. The number of ether oxygens (including phenoxy) is 20. The van der Waals surface area contributed by atoms with E-state index in [1.807, 2.05) is 0 Å². The van der Waals surface area contributed by atoms with E-state index in [0.29, 0.717) is 0 Å². The molecule has 31 N–H and O–H groups in total. The Labute approximate surface area is 732 Å². The molecule has 0 aromatic carbocycles. The Kier molecular flexibility index (Phi) is 38.5. The van der Waals surface area contributed by atoms with Crippen molar-refractivity contribution in [3.63, 3.8) is 0 Å². The molecule has 0 aromatic heterocycles. The number of rotatable bonds is 36. The van der Waals surface area contributed by atoms with Crippen LogP contribution in [-0.2, 0) is 119 Å². The maximum absolute atomic E-state index is 13.2. The lowest BCUT2D eigenvalue weighted by molar-refractivity contribution is -0.448. The van der Waals surface area contributed by atoms with Crippen molar-refractivity contribution in [2.45, 2.75) is 354 Å². The molecule has 129 heavy (non-hydrogen) atoms. The SMILES string of the molecule is CC(=O)NC1C(O)[C@H](O[C@@H]2OC(CO)[C@H](O)[C@H](O[C@]3(OC=O)C[C@H](O)[C@@H](C)C([C@H](O)[C@@H](O)CO)O3)C2O)[C@@H](CO)O[C@@H]1OC1[C@H](OCC2O[C@@H](O[C@H]3C(CO)O[C@@H](O[C@H]4C(CO)O[C@@H](C)C(NC(C)=O)[C@H]4O)C(NC(C)=O)[C@H]3O)C(O)[C@@H](O[C@@H]3O[C@H](CO)[C@H](O)C(O)C3O[C@@H]3OC(CO)[C@H](O[C@@H]4OC(CO)[C@H](O)[C@H](O)C4O)[C@H](O)C3NC(C)=O)[C@H]2O)OC(CO)[C@H](O)[C@@H]1O. The van der Waals surface area contributed by atoms with Crippen molar-refractivity contribution < 1.29 is 257 Å². The van der Waals surface area contributed by atoms with E-state index in [4.69, 9.17) is 94.7 Å². The van der Waals surface area contributed by atoms with E-state index >= 15 is 0 Å². The van der Waals surface area contributed by atoms with Gasteiger partial charge in [0.25, 0.3) is 6.47 Å². The molecule has 0 spiro atoms. The number of carbonyl (C=O) groups excluding carboxylic acids is 5. The van der Waals surface area contributed by atoms with Gasteiger partial charge in [-0.2, -0.15) is 0 Å². The third-order valence-corrected chi connectivity index (χ3v) is 24.0. The molecule has 0 aromatic rings. The summed E-state index contributed by atoms with van der Waals surface area (Å²) in [6, 6.07) is -7.16. The average Bonchev–Trinajstić information content (AvgIpc) is 0.759. The molecule has 0 saturated carbocycles. The van der Waals surface area contributed by atoms with Gasteiger partial charge in [0.05, 0.1) is 96.8 Å². The number of amides is 4. The molecular formula is C73H122N4O52. The fourth-order valence-electron chi connectivity index (χ4n) is 17.0. The van der Waals surface area contributed by atoms with E-state index in [9.17, 15) is 162 Å². The molecule has 56 nitrogen and oxygen atoms in total. The van der Waals surface area contributed by atoms with Crippen LogP contribution in [0, 0.1) is 5.92 Å². The van der Waals surface area contributed by atoms with Gasteiger partial charge in [0.1, 0.15) is 226 Å². The van der Waals surface area contributed by atoms with Crippen LogP contribution in [0.25, 0.3) is 0 Å². The highest BCUT2D eigenvalue weighted by molar-refractivity contribution is 5.74. The average molecular weight is 1890 g/mol. The van der Waals surface area contributed by atoms with Crippen LogP contribution in [0.3, 0.4) is 0 Å². The molecule has 10 aliphatic heterocycles. The number of hydrogen-bond donors (Lipinski definition) is 31. The zero-order chi connectivity index (χ0) is 95.1. The van der Waals surface area contributed by atoms with E-state index in [-0.39, 0.29) is 6.47 Å². The molecule has 10 heterocycles. The first-order valence-electron chi connectivity index (χ1n) is 41.4. The van der Waals surface area contributed by atoms with E-state index < -0.39 is 408 Å². The van der Waals surface area contributed by atoms with Crippen LogP contribution < -0.4 is 21.3 Å². The van der Waals surface area contributed by atoms with Crippen molar-refractivity contribution in [1.29, 1.82) is 0 Å². The van der Waals surface area contributed by atoms with Gasteiger partial charge in [-0.15, -0.1) is 0 Å². The summed E-state index contributed by atoms with van der Waals surface area (Å²) in [5.41, 5.74) is 0. The van der Waals surface area contributed by atoms with Crippen molar-refractivity contribution in [3.8, 4) is 0 Å². The van der Waals surface area contributed by atoms with Gasteiger partial charge in [-0.1, -0.05) is 6.92 Å². The summed E-state index contributed by atoms with van der Waals surface area (Å²) in [5.74, 6) is -7.56. The van der Waals surface area contributed by atoms with Gasteiger partial charge in [-0.3, -0.25) is 24.0 Å². The molecule has 56 heteroatoms. The summed E-state index contributed by atoms with van der Waals surface area (Å²) >= 11 is 0. The molecule has 10 rings (SSSR count). The quantitative estimate of drug-likeness (QED) is 0.0205. The highest BCUT2D eigenvalue weighted by atomic mass is 16.9. The third-order valence-electron chi connectivity index (χ3n) is 24.0. The van der Waals surface area contributed by atoms with Crippen molar-refractivity contribution in [1.82, 2.24) is 21.3 Å². The highest BCUT2D eigenvalue weighted by Crippen LogP contribution is 2.44. The van der Waals surface area contributed by atoms with Gasteiger partial charge in [0.15, 0.2) is 50.3 Å². The molecule has 19 unspecified atom stereocenters. The molecule has 51 atom stereocenters. The maximum Gasteiger partial charge on any atom is 0.332 e. The Morgan fingerprint density at radius 3 is 1.08 bits per heavy atom. The summed E-state index contributed by atoms with van der Waals surface area (Å²) in [5, 5.41) is 313. The monoisotopic (exact) mass is 1890 g/mol. The molecule has 10 fully saturated rings. The minimum atomic E-state index is -2.88. The lowest BCUT2D eigenvalue weighted by Crippen LogP contribution is -2.71. The normalized spacial score (nSPS) is 48.1. The Balaban J connectivity index is 0.967. The van der Waals surface area contributed by atoms with E-state index in [1.165, 1.54) is 13.8 Å². The van der Waals surface area contributed by atoms with Gasteiger partial charge >= 0.3 is 5.97 Å². The number of hydrogen-bond acceptors (Lipinski definition) is 52. The zero-order valence-corrected chi connectivity index (χ0v) is 70.0. The highest BCUT2D eigenvalue weighted by Gasteiger charge is 2.63. The molecule has 0 radical (unpaired) electrons. The topological polar surface area (TPSA) is 864 Å². The molecular weight excluding hydrogens is 1760 g/mol. The molecule has 0 aliphatic carbocycles. The minimum Gasteiger partial charge on any atom is -0.410 e. The Hall–Kier alpha value is -4.49. The van der Waals surface area contributed by atoms with Crippen LogP contribution in [0.2, 0.25) is 0 Å². The summed E-state index contributed by atoms with van der Waals surface area (Å²) < 4.78 is 119. The zero-order valence-electron chi connectivity index (χ0n) is 70.0. The van der Waals surface area contributed by atoms with Gasteiger partial charge in [0, 0.05) is 33.6 Å². The summed E-state index contributed by atoms with van der Waals surface area (Å²) in [4.78, 5) is 63.8. The Morgan fingerprint density at radius 1 is 0.349 bits per heavy atom. The van der Waals surface area contributed by atoms with Gasteiger partial charge in [0.2, 0.25) is 23.6 Å². The standard InChI is InChI=1S/C73H122N4O52/c1-19-25(92)7-73(111-18-87,128-56(19)40(94)26(93)8-78)129-62-44(98)30(12-82)114-70(55(62)109)124-60-34(16-86)118-66(38(49(60)103)76-23(5)90)126-63-51(105)42(96)28(10-80)115-71(63)110-17-35-45(99)61(54(108)69(120-35)123-59-33(15-85)117-65(37(47(59)101)75-22(4)89)121-57-31(13-83)112-20(2)36(46(57)100)74-21(3)88)125-72-64(52(106)43(97)29(11-81)116-72)127-67-39(77-24(6)91)48(102)58(32(14-84)119-67)122-68-53(107)50(104)41(95)27(9-79)113-68/h18-20,25-72,78-86,92-109H,7-17H2,1-6H3,(H,74,88)(H,75,89)(H,76,90)(H,77,91)/t19-,20+,25+,26+,27?,28?,29-,30?,31?,32?,33?,34-,35?,36?,37?,38?,39?,40-,41+,42+,43+,44+,45+,46-,47-,48-,49?,50+,51+,52?,53?,54?,55?,56?,57+,58+,59+,60-,61+,62+,63?,64?,65+,66-,67+,68+,69+,70+,71-,72+,73+/m1/s1. The second-order valence-electron chi connectivity index (χ2n) is 32.9. The van der Waals surface area contributed by atoms with Crippen molar-refractivity contribution in [2.24, 2.45) is 5.92 Å². The van der Waals surface area contributed by atoms with Crippen LogP contribution in [0.15, 0.2) is 0 Å². The molecule has 746 valence electrons. The predicted molar refractivity (Wildman–Crippen MR) is 399 cm³/mol. The largest absolute Gasteiger partial charge is 0.410 e. The lowest BCUT2D eigenvalue weighted by Gasteiger charge is -2.51. The Morgan fingerprint density at radius 2 is 0.667 bits per heavy atom. The summed E-state index contributed by atoms with van der Waals surface area (Å²) in [6.07, 6.45) is -94.7. The first-order valence-corrected chi connectivity index (χ1v) is 41.4. The summed E-state index contributed by atoms with van der Waals surface area (Å²) in [6.45, 7) is -4.83. The number of aliphatic hydroxyl groups excluding tert-OH is 27. The first-order chi connectivity index (χ1) is 61.0. The van der Waals surface area contributed by atoms with Crippen molar-refractivity contribution in [3.05, 3.63) is 0 Å². The number of aliphatic hydroxyl groups is 27. The van der Waals surface area contributed by atoms with Crippen molar-refractivity contribution >= 4 is 30.1 Å². The summed E-state index contributed by atoms with van der Waals surface area (Å²) in [7, 11) is 0. The van der Waals surface area contributed by atoms with E-state index in [2.05, 4.69) is 21.3 Å². The van der Waals surface area contributed by atoms with Crippen molar-refractivity contribution in [2.75, 3.05) is 66.1 Å². The van der Waals surface area contributed by atoms with Crippen LogP contribution in [0.5, 0.6) is 0 Å². The van der Waals surface area contributed by atoms with Crippen LogP contribution in [0.1, 0.15) is 48.0 Å².